The predicted molar refractivity (Wildman–Crippen MR) is 86.5 cm³/mol. The fraction of sp³-hybridized carbons (Fsp3) is 0.438. The molecular weight excluding hydrogens is 298 g/mol. The molecule has 0 spiro atoms. The molecule has 1 aliphatic rings. The van der Waals surface area contributed by atoms with Crippen LogP contribution in [0.15, 0.2) is 33.6 Å². The van der Waals surface area contributed by atoms with Gasteiger partial charge in [0.2, 0.25) is 5.89 Å². The topological polar surface area (TPSA) is 59.2 Å². The minimum atomic E-state index is -0.0192. The average Bonchev–Trinajstić information content (AvgIpc) is 3.01. The molecule has 1 unspecified atom stereocenters. The van der Waals surface area contributed by atoms with Crippen molar-refractivity contribution in [3.8, 4) is 0 Å². The molecule has 2 heterocycles. The third-order valence-electron chi connectivity index (χ3n) is 3.95. The summed E-state index contributed by atoms with van der Waals surface area (Å²) in [7, 11) is 0. The van der Waals surface area contributed by atoms with Crippen molar-refractivity contribution in [2.45, 2.75) is 24.7 Å². The van der Waals surface area contributed by atoms with Crippen LogP contribution in [-0.2, 0) is 0 Å². The Morgan fingerprint density at radius 2 is 2.18 bits per heavy atom. The summed E-state index contributed by atoms with van der Waals surface area (Å²) in [6, 6.07) is 8.34. The van der Waals surface area contributed by atoms with Crippen LogP contribution in [0.5, 0.6) is 0 Å². The summed E-state index contributed by atoms with van der Waals surface area (Å²) in [6.07, 6.45) is 3.87. The SMILES string of the molecule is CSc1ccccc1C(=O)C1CCCN(c2nnc(C)o2)C1. The first-order chi connectivity index (χ1) is 10.7. The number of aromatic nitrogens is 2. The highest BCUT2D eigenvalue weighted by molar-refractivity contribution is 7.98. The molecule has 0 radical (unpaired) electrons. The minimum absolute atomic E-state index is 0.0192. The van der Waals surface area contributed by atoms with Gasteiger partial charge in [0.15, 0.2) is 5.78 Å². The molecule has 3 rings (SSSR count). The number of hydrogen-bond acceptors (Lipinski definition) is 6. The molecule has 0 amide bonds. The maximum Gasteiger partial charge on any atom is 0.318 e. The van der Waals surface area contributed by atoms with Gasteiger partial charge in [-0.3, -0.25) is 4.79 Å². The van der Waals surface area contributed by atoms with Gasteiger partial charge in [-0.05, 0) is 25.2 Å². The molecule has 1 aliphatic heterocycles. The highest BCUT2D eigenvalue weighted by Crippen LogP contribution is 2.28. The van der Waals surface area contributed by atoms with Crippen molar-refractivity contribution >= 4 is 23.6 Å². The van der Waals surface area contributed by atoms with E-state index in [0.717, 1.165) is 29.8 Å². The predicted octanol–water partition coefficient (Wildman–Crippen LogP) is 3.20. The van der Waals surface area contributed by atoms with Gasteiger partial charge in [-0.1, -0.05) is 23.3 Å². The van der Waals surface area contributed by atoms with Gasteiger partial charge in [-0.15, -0.1) is 16.9 Å². The van der Waals surface area contributed by atoms with Crippen molar-refractivity contribution in [1.29, 1.82) is 0 Å². The van der Waals surface area contributed by atoms with E-state index >= 15 is 0 Å². The van der Waals surface area contributed by atoms with Crippen LogP contribution in [-0.4, -0.2) is 35.3 Å². The summed E-state index contributed by atoms with van der Waals surface area (Å²) in [6.45, 7) is 3.27. The van der Waals surface area contributed by atoms with E-state index in [9.17, 15) is 4.79 Å². The van der Waals surface area contributed by atoms with Crippen LogP contribution in [0.3, 0.4) is 0 Å². The van der Waals surface area contributed by atoms with E-state index < -0.39 is 0 Å². The quantitative estimate of drug-likeness (QED) is 0.637. The van der Waals surface area contributed by atoms with Gasteiger partial charge in [-0.25, -0.2) is 0 Å². The Labute approximate surface area is 134 Å². The number of anilines is 1. The molecule has 6 heteroatoms. The van der Waals surface area contributed by atoms with Crippen molar-refractivity contribution in [3.63, 3.8) is 0 Å². The molecule has 116 valence electrons. The number of Topliss-reactive ketones (excluding diaryl/α,β-unsaturated/α-hetero) is 1. The van der Waals surface area contributed by atoms with Gasteiger partial charge in [0.05, 0.1) is 0 Å². The van der Waals surface area contributed by atoms with E-state index in [-0.39, 0.29) is 11.7 Å². The standard InChI is InChI=1S/C16H19N3O2S/c1-11-17-18-16(21-11)19-9-5-6-12(10-19)15(20)13-7-3-4-8-14(13)22-2/h3-4,7-8,12H,5-6,9-10H2,1-2H3. The minimum Gasteiger partial charge on any atom is -0.408 e. The summed E-state index contributed by atoms with van der Waals surface area (Å²) in [5, 5.41) is 7.93. The van der Waals surface area contributed by atoms with Crippen molar-refractivity contribution in [2.24, 2.45) is 5.92 Å². The van der Waals surface area contributed by atoms with E-state index in [4.69, 9.17) is 4.42 Å². The number of carbonyl (C=O) groups is 1. The number of nitrogens with zero attached hydrogens (tertiary/aromatic N) is 3. The second kappa shape index (κ2) is 6.52. The van der Waals surface area contributed by atoms with Crippen LogP contribution in [0.4, 0.5) is 6.01 Å². The van der Waals surface area contributed by atoms with Crippen molar-refractivity contribution in [1.82, 2.24) is 10.2 Å². The molecule has 0 N–H and O–H groups in total. The average molecular weight is 317 g/mol. The fourth-order valence-corrected chi connectivity index (χ4v) is 3.45. The lowest BCUT2D eigenvalue weighted by Crippen LogP contribution is -2.39. The second-order valence-corrected chi connectivity index (χ2v) is 6.30. The number of thioether (sulfide) groups is 1. The van der Waals surface area contributed by atoms with Gasteiger partial charge in [0, 0.05) is 36.4 Å². The van der Waals surface area contributed by atoms with Crippen molar-refractivity contribution in [2.75, 3.05) is 24.2 Å². The third-order valence-corrected chi connectivity index (χ3v) is 4.75. The summed E-state index contributed by atoms with van der Waals surface area (Å²) in [5.74, 6) is 0.747. The zero-order valence-electron chi connectivity index (χ0n) is 12.8. The molecule has 0 aliphatic carbocycles. The van der Waals surface area contributed by atoms with E-state index in [2.05, 4.69) is 10.2 Å². The van der Waals surface area contributed by atoms with Crippen LogP contribution in [0.25, 0.3) is 0 Å². The van der Waals surface area contributed by atoms with Crippen molar-refractivity contribution < 1.29 is 9.21 Å². The molecule has 0 bridgehead atoms. The number of ketones is 1. The Bertz CT molecular complexity index is 671. The van der Waals surface area contributed by atoms with Crippen LogP contribution < -0.4 is 4.90 Å². The molecule has 0 saturated carbocycles. The Kier molecular flexibility index (Phi) is 4.47. The molecular formula is C16H19N3O2S. The zero-order valence-corrected chi connectivity index (χ0v) is 13.6. The number of hydrogen-bond donors (Lipinski definition) is 0. The summed E-state index contributed by atoms with van der Waals surface area (Å²) >= 11 is 1.61. The summed E-state index contributed by atoms with van der Waals surface area (Å²) in [4.78, 5) is 15.9. The third kappa shape index (κ3) is 3.02. The second-order valence-electron chi connectivity index (χ2n) is 5.45. The zero-order chi connectivity index (χ0) is 15.5. The van der Waals surface area contributed by atoms with E-state index in [1.54, 1.807) is 18.7 Å². The van der Waals surface area contributed by atoms with Crippen LogP contribution in [0, 0.1) is 12.8 Å². The van der Waals surface area contributed by atoms with E-state index in [1.807, 2.05) is 35.4 Å². The Morgan fingerprint density at radius 3 is 2.91 bits per heavy atom. The molecule has 5 nitrogen and oxygen atoms in total. The first-order valence-electron chi connectivity index (χ1n) is 7.41. The fourth-order valence-electron chi connectivity index (χ4n) is 2.85. The first-order valence-corrected chi connectivity index (χ1v) is 8.64. The van der Waals surface area contributed by atoms with Crippen LogP contribution in [0.2, 0.25) is 0 Å². The van der Waals surface area contributed by atoms with Crippen molar-refractivity contribution in [3.05, 3.63) is 35.7 Å². The van der Waals surface area contributed by atoms with Gasteiger partial charge >= 0.3 is 6.01 Å². The van der Waals surface area contributed by atoms with Crippen LogP contribution >= 0.6 is 11.8 Å². The first kappa shape index (κ1) is 15.1. The summed E-state index contributed by atoms with van der Waals surface area (Å²) in [5.41, 5.74) is 0.823. The molecule has 1 saturated heterocycles. The maximum atomic E-state index is 12.9. The van der Waals surface area contributed by atoms with Gasteiger partial charge in [-0.2, -0.15) is 0 Å². The monoisotopic (exact) mass is 317 g/mol. The van der Waals surface area contributed by atoms with E-state index in [0.29, 0.717) is 18.5 Å². The highest BCUT2D eigenvalue weighted by atomic mass is 32.2. The number of piperidine rings is 1. The molecule has 1 aromatic heterocycles. The van der Waals surface area contributed by atoms with Gasteiger partial charge < -0.3 is 9.32 Å². The highest BCUT2D eigenvalue weighted by Gasteiger charge is 2.29. The number of aryl methyl sites for hydroxylation is 1. The van der Waals surface area contributed by atoms with E-state index in [1.165, 1.54) is 0 Å². The number of rotatable bonds is 4. The Morgan fingerprint density at radius 1 is 1.36 bits per heavy atom. The largest absolute Gasteiger partial charge is 0.408 e. The molecule has 1 fully saturated rings. The maximum absolute atomic E-state index is 12.9. The molecule has 1 atom stereocenters. The number of benzene rings is 1. The molecule has 2 aromatic rings. The smallest absolute Gasteiger partial charge is 0.318 e. The van der Waals surface area contributed by atoms with Gasteiger partial charge in [0.25, 0.3) is 0 Å². The molecule has 1 aromatic carbocycles. The lowest BCUT2D eigenvalue weighted by molar-refractivity contribution is 0.0903. The Balaban J connectivity index is 1.78. The number of carbonyl (C=O) groups excluding carboxylic acids is 1. The molecule has 22 heavy (non-hydrogen) atoms. The van der Waals surface area contributed by atoms with Gasteiger partial charge in [0.1, 0.15) is 0 Å². The lowest BCUT2D eigenvalue weighted by atomic mass is 9.90. The Hall–Kier alpha value is -1.82. The lowest BCUT2D eigenvalue weighted by Gasteiger charge is -2.30. The summed E-state index contributed by atoms with van der Waals surface area (Å²) < 4.78 is 5.49. The normalized spacial score (nSPS) is 18.5. The van der Waals surface area contributed by atoms with Crippen LogP contribution in [0.1, 0.15) is 29.1 Å².